The van der Waals surface area contributed by atoms with Gasteiger partial charge in [-0.15, -0.1) is 18.3 Å². The van der Waals surface area contributed by atoms with Gasteiger partial charge in [-0.1, -0.05) is 18.2 Å². The van der Waals surface area contributed by atoms with E-state index in [-0.39, 0.29) is 5.75 Å². The van der Waals surface area contributed by atoms with E-state index in [1.54, 1.807) is 0 Å². The van der Waals surface area contributed by atoms with Crippen molar-refractivity contribution >= 4 is 0 Å². The highest BCUT2D eigenvalue weighted by Crippen LogP contribution is 2.24. The summed E-state index contributed by atoms with van der Waals surface area (Å²) in [6, 6.07) is 13.6. The Balaban J connectivity index is 1.70. The predicted octanol–water partition coefficient (Wildman–Crippen LogP) is 4.38. The highest BCUT2D eigenvalue weighted by molar-refractivity contribution is 5.56. The lowest BCUT2D eigenvalue weighted by atomic mass is 10.0. The Kier molecular flexibility index (Phi) is 6.30. The van der Waals surface area contributed by atoms with E-state index >= 15 is 0 Å². The van der Waals surface area contributed by atoms with Crippen LogP contribution in [0.2, 0.25) is 0 Å². The largest absolute Gasteiger partial charge is 0.573 e. The maximum Gasteiger partial charge on any atom is 0.573 e. The van der Waals surface area contributed by atoms with Crippen LogP contribution in [0.1, 0.15) is 18.4 Å². The molecule has 0 fully saturated rings. The monoisotopic (exact) mass is 390 g/mol. The van der Waals surface area contributed by atoms with Crippen LogP contribution >= 0.6 is 0 Å². The average molecular weight is 390 g/mol. The van der Waals surface area contributed by atoms with Gasteiger partial charge in [-0.25, -0.2) is 9.67 Å². The van der Waals surface area contributed by atoms with Gasteiger partial charge in [-0.2, -0.15) is 0 Å². The second kappa shape index (κ2) is 8.88. The Bertz CT molecular complexity index is 891. The van der Waals surface area contributed by atoms with Gasteiger partial charge in [0.1, 0.15) is 12.1 Å². The van der Waals surface area contributed by atoms with E-state index in [0.29, 0.717) is 11.5 Å². The van der Waals surface area contributed by atoms with Crippen molar-refractivity contribution in [2.24, 2.45) is 0 Å². The van der Waals surface area contributed by atoms with Crippen molar-refractivity contribution in [2.75, 3.05) is 13.6 Å². The van der Waals surface area contributed by atoms with Crippen molar-refractivity contribution in [2.45, 2.75) is 25.6 Å². The lowest BCUT2D eigenvalue weighted by Gasteiger charge is -2.09. The minimum Gasteiger partial charge on any atom is -0.406 e. The summed E-state index contributed by atoms with van der Waals surface area (Å²) in [6.45, 7) is 0.998. The molecule has 1 heterocycles. The number of rotatable bonds is 8. The first kappa shape index (κ1) is 19.9. The van der Waals surface area contributed by atoms with Gasteiger partial charge in [0.05, 0.1) is 5.69 Å². The smallest absolute Gasteiger partial charge is 0.406 e. The second-order valence-electron chi connectivity index (χ2n) is 6.32. The highest BCUT2D eigenvalue weighted by atomic mass is 19.4. The molecule has 0 aliphatic carbocycles. The van der Waals surface area contributed by atoms with E-state index in [4.69, 9.17) is 0 Å². The molecule has 0 unspecified atom stereocenters. The maximum absolute atomic E-state index is 12.3. The molecule has 148 valence electrons. The summed E-state index contributed by atoms with van der Waals surface area (Å²) in [6.07, 6.45) is 0.0195. The number of nitrogens with zero attached hydrogens (tertiary/aromatic N) is 3. The molecule has 1 aromatic heterocycles. The minimum atomic E-state index is -4.71. The van der Waals surface area contributed by atoms with Gasteiger partial charge in [0.15, 0.2) is 5.82 Å². The van der Waals surface area contributed by atoms with Crippen molar-refractivity contribution in [1.29, 1.82) is 0 Å². The molecular formula is C20H21F3N4O. The zero-order chi connectivity index (χ0) is 20.0. The van der Waals surface area contributed by atoms with Gasteiger partial charge in [0.2, 0.25) is 0 Å². The van der Waals surface area contributed by atoms with E-state index < -0.39 is 6.36 Å². The van der Waals surface area contributed by atoms with Crippen LogP contribution in [-0.4, -0.2) is 34.7 Å². The first-order chi connectivity index (χ1) is 13.4. The van der Waals surface area contributed by atoms with E-state index in [1.165, 1.54) is 40.8 Å². The molecule has 0 saturated carbocycles. The quantitative estimate of drug-likeness (QED) is 0.580. The highest BCUT2D eigenvalue weighted by Gasteiger charge is 2.30. The standard InChI is InChI=1S/C20H21F3N4O/c1-24-12-3-2-5-15-6-4-7-16(13-15)19-25-14-27(26-19)17-8-10-18(11-9-17)28-20(21,22)23/h4,6-11,13-14,24H,2-3,5,12H2,1H3. The molecule has 0 amide bonds. The summed E-state index contributed by atoms with van der Waals surface area (Å²) >= 11 is 0. The summed E-state index contributed by atoms with van der Waals surface area (Å²) in [5, 5.41) is 7.58. The Morgan fingerprint density at radius 2 is 1.86 bits per heavy atom. The molecule has 1 N–H and O–H groups in total. The van der Waals surface area contributed by atoms with Crippen LogP contribution < -0.4 is 10.1 Å². The number of hydrogen-bond donors (Lipinski definition) is 1. The van der Waals surface area contributed by atoms with Crippen LogP contribution in [0.3, 0.4) is 0 Å². The Morgan fingerprint density at radius 3 is 2.57 bits per heavy atom. The number of halogens is 3. The number of benzene rings is 2. The Hall–Kier alpha value is -2.87. The van der Waals surface area contributed by atoms with Gasteiger partial charge >= 0.3 is 6.36 Å². The van der Waals surface area contributed by atoms with Crippen LogP contribution in [0.25, 0.3) is 17.1 Å². The molecule has 0 aliphatic rings. The number of unbranched alkanes of at least 4 members (excludes halogenated alkanes) is 1. The van der Waals surface area contributed by atoms with Gasteiger partial charge in [-0.05, 0) is 68.8 Å². The van der Waals surface area contributed by atoms with Gasteiger partial charge < -0.3 is 10.1 Å². The molecule has 28 heavy (non-hydrogen) atoms. The van der Waals surface area contributed by atoms with E-state index in [1.807, 2.05) is 19.2 Å². The van der Waals surface area contributed by atoms with Gasteiger partial charge in [0.25, 0.3) is 0 Å². The maximum atomic E-state index is 12.3. The topological polar surface area (TPSA) is 52.0 Å². The number of alkyl halides is 3. The van der Waals surface area contributed by atoms with Crippen LogP contribution in [0, 0.1) is 0 Å². The predicted molar refractivity (Wildman–Crippen MR) is 100 cm³/mol. The molecule has 5 nitrogen and oxygen atoms in total. The fourth-order valence-electron chi connectivity index (χ4n) is 2.82. The zero-order valence-corrected chi connectivity index (χ0v) is 15.4. The summed E-state index contributed by atoms with van der Waals surface area (Å²) in [5.74, 6) is 0.287. The van der Waals surface area contributed by atoms with Crippen LogP contribution in [0.5, 0.6) is 5.75 Å². The minimum absolute atomic E-state index is 0.275. The summed E-state index contributed by atoms with van der Waals surface area (Å²) < 4.78 is 42.2. The average Bonchev–Trinajstić information content (AvgIpc) is 3.15. The molecular weight excluding hydrogens is 369 g/mol. The van der Waals surface area contributed by atoms with Crippen molar-refractivity contribution in [3.05, 3.63) is 60.4 Å². The van der Waals surface area contributed by atoms with E-state index in [0.717, 1.165) is 31.4 Å². The third kappa shape index (κ3) is 5.56. The van der Waals surface area contributed by atoms with Crippen molar-refractivity contribution in [1.82, 2.24) is 20.1 Å². The molecule has 2 aromatic carbocycles. The van der Waals surface area contributed by atoms with Crippen LogP contribution in [-0.2, 0) is 6.42 Å². The normalized spacial score (nSPS) is 11.6. The molecule has 0 saturated heterocycles. The number of ether oxygens (including phenoxy) is 1. The summed E-state index contributed by atoms with van der Waals surface area (Å²) in [5.41, 5.74) is 2.72. The Labute approximate surface area is 161 Å². The van der Waals surface area contributed by atoms with Gasteiger partial charge in [-0.3, -0.25) is 0 Å². The molecule has 3 rings (SSSR count). The Morgan fingerprint density at radius 1 is 1.07 bits per heavy atom. The fraction of sp³-hybridized carbons (Fsp3) is 0.300. The molecule has 0 aliphatic heterocycles. The molecule has 0 spiro atoms. The van der Waals surface area contributed by atoms with Crippen molar-refractivity contribution in [3.63, 3.8) is 0 Å². The summed E-state index contributed by atoms with van der Waals surface area (Å²) in [4.78, 5) is 4.33. The molecule has 0 bridgehead atoms. The number of nitrogens with one attached hydrogen (secondary N) is 1. The lowest BCUT2D eigenvalue weighted by molar-refractivity contribution is -0.274. The second-order valence-corrected chi connectivity index (χ2v) is 6.32. The van der Waals surface area contributed by atoms with Crippen LogP contribution in [0.15, 0.2) is 54.9 Å². The van der Waals surface area contributed by atoms with Crippen molar-refractivity contribution in [3.8, 4) is 22.8 Å². The number of aromatic nitrogens is 3. The molecule has 3 aromatic rings. The van der Waals surface area contributed by atoms with E-state index in [2.05, 4.69) is 32.3 Å². The third-order valence-electron chi connectivity index (χ3n) is 4.15. The third-order valence-corrected chi connectivity index (χ3v) is 4.15. The first-order valence-corrected chi connectivity index (χ1v) is 8.96. The zero-order valence-electron chi connectivity index (χ0n) is 15.4. The van der Waals surface area contributed by atoms with E-state index in [9.17, 15) is 13.2 Å². The molecule has 0 atom stereocenters. The number of hydrogen-bond acceptors (Lipinski definition) is 4. The fourth-order valence-corrected chi connectivity index (χ4v) is 2.82. The summed E-state index contributed by atoms with van der Waals surface area (Å²) in [7, 11) is 1.94. The lowest BCUT2D eigenvalue weighted by Crippen LogP contribution is -2.17. The van der Waals surface area contributed by atoms with Crippen molar-refractivity contribution < 1.29 is 17.9 Å². The van der Waals surface area contributed by atoms with Gasteiger partial charge in [0, 0.05) is 5.56 Å². The van der Waals surface area contributed by atoms with Crippen LogP contribution in [0.4, 0.5) is 13.2 Å². The number of aryl methyl sites for hydroxylation is 1. The SMILES string of the molecule is CNCCCCc1cccc(-c2ncn(-c3ccc(OC(F)(F)F)cc3)n2)c1. The first-order valence-electron chi connectivity index (χ1n) is 8.96. The molecule has 0 radical (unpaired) electrons. The molecule has 8 heteroatoms.